The predicted octanol–water partition coefficient (Wildman–Crippen LogP) is 1.01. The van der Waals surface area contributed by atoms with Gasteiger partial charge < -0.3 is 0 Å². The zero-order valence-electron chi connectivity index (χ0n) is 7.73. The summed E-state index contributed by atoms with van der Waals surface area (Å²) in [4.78, 5) is 10.4. The fraction of sp³-hybridized carbons (Fsp3) is 0. The molecule has 4 heteroatoms. The molecule has 0 heterocycles. The van der Waals surface area contributed by atoms with E-state index in [9.17, 15) is 10.1 Å². The zero-order chi connectivity index (χ0) is 10.1. The summed E-state index contributed by atoms with van der Waals surface area (Å²) >= 11 is 0. The Kier molecular flexibility index (Phi) is 1.96. The average Bonchev–Trinajstić information content (AvgIpc) is 2.17. The van der Waals surface area contributed by atoms with Crippen molar-refractivity contribution in [2.45, 2.75) is 0 Å². The highest BCUT2D eigenvalue weighted by atomic mass is 16.6. The van der Waals surface area contributed by atoms with Crippen LogP contribution in [0.15, 0.2) is 36.4 Å². The molecule has 2 aromatic rings. The van der Waals surface area contributed by atoms with Gasteiger partial charge in [-0.15, -0.1) is 0 Å². The molecule has 0 saturated carbocycles. The molecule has 0 unspecified atom stereocenters. The van der Waals surface area contributed by atoms with E-state index in [1.54, 1.807) is 6.07 Å². The van der Waals surface area contributed by atoms with Gasteiger partial charge in [-0.25, -0.2) is 0 Å². The summed E-state index contributed by atoms with van der Waals surface area (Å²) in [6.45, 7) is 0. The van der Waals surface area contributed by atoms with Gasteiger partial charge in [0.2, 0.25) is 0 Å². The third-order valence-electron chi connectivity index (χ3n) is 2.29. The van der Waals surface area contributed by atoms with E-state index in [-0.39, 0.29) is 10.6 Å². The topological polar surface area (TPSA) is 43.1 Å². The van der Waals surface area contributed by atoms with Gasteiger partial charge in [0.1, 0.15) is 7.85 Å². The number of nitro benzene ring substituents is 1. The van der Waals surface area contributed by atoms with Gasteiger partial charge in [-0.1, -0.05) is 35.8 Å². The molecule has 2 rings (SSSR count). The number of hydrogen-bond acceptors (Lipinski definition) is 2. The zero-order valence-corrected chi connectivity index (χ0v) is 7.73. The highest BCUT2D eigenvalue weighted by Crippen LogP contribution is 2.22. The van der Waals surface area contributed by atoms with Gasteiger partial charge in [-0.2, -0.15) is 0 Å². The maximum absolute atomic E-state index is 10.8. The number of nitrogens with zero attached hydrogens (tertiary/aromatic N) is 1. The summed E-state index contributed by atoms with van der Waals surface area (Å²) in [7, 11) is 1.88. The molecule has 3 nitrogen and oxygen atoms in total. The van der Waals surface area contributed by atoms with E-state index in [0.717, 1.165) is 16.2 Å². The molecular formula is C10H8BNO2. The van der Waals surface area contributed by atoms with Gasteiger partial charge in [0.15, 0.2) is 0 Å². The van der Waals surface area contributed by atoms with Crippen LogP contribution in [0.1, 0.15) is 0 Å². The second-order valence-electron chi connectivity index (χ2n) is 3.21. The Morgan fingerprint density at radius 2 is 1.79 bits per heavy atom. The first-order chi connectivity index (χ1) is 6.70. The van der Waals surface area contributed by atoms with Gasteiger partial charge in [-0.3, -0.25) is 10.1 Å². The molecule has 0 aliphatic heterocycles. The van der Waals surface area contributed by atoms with Crippen molar-refractivity contribution < 1.29 is 4.92 Å². The second kappa shape index (κ2) is 3.14. The smallest absolute Gasteiger partial charge is 0.258 e. The Bertz CT molecular complexity index is 505. The van der Waals surface area contributed by atoms with Crippen LogP contribution in [-0.2, 0) is 0 Å². The molecule has 0 N–H and O–H groups in total. The van der Waals surface area contributed by atoms with Crippen molar-refractivity contribution in [3.8, 4) is 0 Å². The summed E-state index contributed by atoms with van der Waals surface area (Å²) in [6, 6.07) is 10.8. The Hall–Kier alpha value is -1.84. The molecule has 0 bridgehead atoms. The van der Waals surface area contributed by atoms with Gasteiger partial charge in [0.25, 0.3) is 5.69 Å². The minimum Gasteiger partial charge on any atom is -0.258 e. The Balaban J connectivity index is 2.91. The quantitative estimate of drug-likeness (QED) is 0.378. The predicted molar refractivity (Wildman–Crippen MR) is 58.8 cm³/mol. The highest BCUT2D eigenvalue weighted by molar-refractivity contribution is 6.39. The molecule has 14 heavy (non-hydrogen) atoms. The molecule has 0 fully saturated rings. The SMILES string of the molecule is Bc1cccc2cccc([N+](=O)[O-])c12. The van der Waals surface area contributed by atoms with Crippen molar-refractivity contribution in [1.29, 1.82) is 0 Å². The van der Waals surface area contributed by atoms with Crippen molar-refractivity contribution >= 4 is 29.8 Å². The van der Waals surface area contributed by atoms with Crippen molar-refractivity contribution in [1.82, 2.24) is 0 Å². The number of hydrogen-bond donors (Lipinski definition) is 0. The van der Waals surface area contributed by atoms with Crippen LogP contribution in [0.4, 0.5) is 5.69 Å². The number of fused-ring (bicyclic) bond motifs is 1. The van der Waals surface area contributed by atoms with E-state index in [1.165, 1.54) is 6.07 Å². The molecule has 0 aliphatic rings. The molecule has 0 radical (unpaired) electrons. The molecule has 0 aromatic heterocycles. The molecule has 68 valence electrons. The summed E-state index contributed by atoms with van der Waals surface area (Å²) < 4.78 is 0. The molecule has 0 aliphatic carbocycles. The van der Waals surface area contributed by atoms with E-state index in [0.29, 0.717) is 0 Å². The third-order valence-corrected chi connectivity index (χ3v) is 2.29. The van der Waals surface area contributed by atoms with Crippen LogP contribution < -0.4 is 5.46 Å². The van der Waals surface area contributed by atoms with Gasteiger partial charge in [0, 0.05) is 6.07 Å². The lowest BCUT2D eigenvalue weighted by Crippen LogP contribution is -2.05. The minimum absolute atomic E-state index is 0.181. The summed E-state index contributed by atoms with van der Waals surface area (Å²) in [5.41, 5.74) is 1.12. The van der Waals surface area contributed by atoms with Crippen LogP contribution in [0, 0.1) is 10.1 Å². The van der Waals surface area contributed by atoms with Crippen LogP contribution in [0.3, 0.4) is 0 Å². The van der Waals surface area contributed by atoms with E-state index in [4.69, 9.17) is 0 Å². The number of nitro groups is 1. The maximum Gasteiger partial charge on any atom is 0.276 e. The number of rotatable bonds is 1. The molecule has 0 spiro atoms. The van der Waals surface area contributed by atoms with Gasteiger partial charge >= 0.3 is 0 Å². The summed E-state index contributed by atoms with van der Waals surface area (Å²) in [5, 5.41) is 12.4. The average molecular weight is 185 g/mol. The van der Waals surface area contributed by atoms with Crippen LogP contribution in [0.2, 0.25) is 0 Å². The summed E-state index contributed by atoms with van der Waals surface area (Å²) in [5.74, 6) is 0. The Morgan fingerprint density at radius 3 is 2.43 bits per heavy atom. The number of benzene rings is 2. The lowest BCUT2D eigenvalue weighted by molar-refractivity contribution is -0.383. The fourth-order valence-electron chi connectivity index (χ4n) is 1.66. The van der Waals surface area contributed by atoms with Gasteiger partial charge in [0.05, 0.1) is 10.3 Å². The lowest BCUT2D eigenvalue weighted by Gasteiger charge is -2.01. The molecule has 0 amide bonds. The van der Waals surface area contributed by atoms with E-state index < -0.39 is 0 Å². The van der Waals surface area contributed by atoms with E-state index in [1.807, 2.05) is 32.1 Å². The minimum atomic E-state index is -0.338. The highest BCUT2D eigenvalue weighted by Gasteiger charge is 2.11. The molecule has 0 atom stereocenters. The maximum atomic E-state index is 10.8. The standard InChI is InChI=1S/C10H8BNO2/c11-8-5-1-3-7-4-2-6-9(10(7)8)12(13)14/h1-6H,11H2. The van der Waals surface area contributed by atoms with Crippen molar-refractivity contribution in [3.05, 3.63) is 46.5 Å². The van der Waals surface area contributed by atoms with Crippen molar-refractivity contribution in [2.24, 2.45) is 0 Å². The monoisotopic (exact) mass is 185 g/mol. The second-order valence-corrected chi connectivity index (χ2v) is 3.21. The van der Waals surface area contributed by atoms with Crippen molar-refractivity contribution in [2.75, 3.05) is 0 Å². The third kappa shape index (κ3) is 1.25. The van der Waals surface area contributed by atoms with Gasteiger partial charge in [-0.05, 0) is 5.39 Å². The number of non-ortho nitro benzene ring substituents is 1. The first-order valence-corrected chi connectivity index (χ1v) is 4.33. The largest absolute Gasteiger partial charge is 0.276 e. The summed E-state index contributed by atoms with van der Waals surface area (Å²) in [6.07, 6.45) is 0. The fourth-order valence-corrected chi connectivity index (χ4v) is 1.66. The Labute approximate surface area is 81.9 Å². The normalized spacial score (nSPS) is 10.3. The van der Waals surface area contributed by atoms with E-state index >= 15 is 0 Å². The van der Waals surface area contributed by atoms with Crippen LogP contribution in [0.5, 0.6) is 0 Å². The lowest BCUT2D eigenvalue weighted by atomic mass is 9.89. The first-order valence-electron chi connectivity index (χ1n) is 4.33. The molecule has 2 aromatic carbocycles. The van der Waals surface area contributed by atoms with Crippen molar-refractivity contribution in [3.63, 3.8) is 0 Å². The van der Waals surface area contributed by atoms with Crippen LogP contribution >= 0.6 is 0 Å². The molecule has 0 saturated heterocycles. The Morgan fingerprint density at radius 1 is 1.14 bits per heavy atom. The van der Waals surface area contributed by atoms with Crippen LogP contribution in [0.25, 0.3) is 10.8 Å². The first kappa shape index (κ1) is 8.75. The van der Waals surface area contributed by atoms with E-state index in [2.05, 4.69) is 0 Å². The van der Waals surface area contributed by atoms with Crippen LogP contribution in [-0.4, -0.2) is 12.8 Å². The molecular weight excluding hydrogens is 177 g/mol.